The van der Waals surface area contributed by atoms with Crippen LogP contribution in [0.15, 0.2) is 48.5 Å². The molecule has 0 saturated carbocycles. The summed E-state index contributed by atoms with van der Waals surface area (Å²) in [4.78, 5) is 0. The highest BCUT2D eigenvalue weighted by molar-refractivity contribution is 5.25. The molecule has 18 heavy (non-hydrogen) atoms. The van der Waals surface area contributed by atoms with Gasteiger partial charge in [0.15, 0.2) is 0 Å². The Balaban J connectivity index is 0.000000771. The largest absolute Gasteiger partial charge is 0.0683 e. The Kier molecular flexibility index (Phi) is 6.21. The van der Waals surface area contributed by atoms with Crippen molar-refractivity contribution in [1.29, 1.82) is 0 Å². The molecule has 0 aliphatic heterocycles. The number of hydrogen-bond acceptors (Lipinski definition) is 0. The van der Waals surface area contributed by atoms with Crippen LogP contribution in [0.1, 0.15) is 36.1 Å². The molecule has 0 nitrogen and oxygen atoms in total. The highest BCUT2D eigenvalue weighted by atomic mass is 14.0. The predicted octanol–water partition coefficient (Wildman–Crippen LogP) is 5.11. The van der Waals surface area contributed by atoms with E-state index in [4.69, 9.17) is 0 Å². The third-order valence-corrected chi connectivity index (χ3v) is 2.94. The molecule has 2 rings (SSSR count). The zero-order valence-electron chi connectivity index (χ0n) is 12.0. The van der Waals surface area contributed by atoms with Crippen LogP contribution in [-0.4, -0.2) is 0 Å². The lowest BCUT2D eigenvalue weighted by atomic mass is 10.0. The van der Waals surface area contributed by atoms with Crippen LogP contribution in [0.25, 0.3) is 0 Å². The summed E-state index contributed by atoms with van der Waals surface area (Å²) in [5.74, 6) is 0. The van der Waals surface area contributed by atoms with Gasteiger partial charge in [0.1, 0.15) is 0 Å². The van der Waals surface area contributed by atoms with Crippen molar-refractivity contribution in [3.05, 3.63) is 70.8 Å². The maximum absolute atomic E-state index is 2.23. The van der Waals surface area contributed by atoms with Crippen LogP contribution in [0.5, 0.6) is 0 Å². The molecule has 0 bridgehead atoms. The van der Waals surface area contributed by atoms with Crippen LogP contribution in [0.2, 0.25) is 0 Å². The summed E-state index contributed by atoms with van der Waals surface area (Å²) in [6, 6.07) is 17.6. The molecule has 2 aromatic rings. The van der Waals surface area contributed by atoms with E-state index >= 15 is 0 Å². The zero-order valence-corrected chi connectivity index (χ0v) is 12.0. The van der Waals surface area contributed by atoms with Gasteiger partial charge in [-0.1, -0.05) is 73.5 Å². The molecule has 0 atom stereocenters. The summed E-state index contributed by atoms with van der Waals surface area (Å²) in [5.41, 5.74) is 5.51. The fraction of sp³-hybridized carbons (Fsp3) is 0.333. The van der Waals surface area contributed by atoms with Crippen molar-refractivity contribution in [3.8, 4) is 0 Å². The van der Waals surface area contributed by atoms with Gasteiger partial charge in [-0.25, -0.2) is 0 Å². The molecule has 0 aliphatic rings. The average Bonchev–Trinajstić information content (AvgIpc) is 2.42. The van der Waals surface area contributed by atoms with Crippen LogP contribution < -0.4 is 0 Å². The molecule has 96 valence electrons. The van der Waals surface area contributed by atoms with E-state index in [1.165, 1.54) is 22.3 Å². The Bertz CT molecular complexity index is 389. The van der Waals surface area contributed by atoms with E-state index in [2.05, 4.69) is 62.4 Å². The minimum atomic E-state index is 1.13. The van der Waals surface area contributed by atoms with Crippen molar-refractivity contribution in [2.75, 3.05) is 0 Å². The highest BCUT2D eigenvalue weighted by Gasteiger charge is 1.95. The van der Waals surface area contributed by atoms with Crippen molar-refractivity contribution >= 4 is 0 Å². The topological polar surface area (TPSA) is 0 Å². The van der Waals surface area contributed by atoms with Gasteiger partial charge in [-0.05, 0) is 37.8 Å². The van der Waals surface area contributed by atoms with Crippen LogP contribution in [0.3, 0.4) is 0 Å². The maximum atomic E-state index is 2.23. The number of rotatable bonds is 3. The molecule has 0 amide bonds. The van der Waals surface area contributed by atoms with Crippen LogP contribution in [0.4, 0.5) is 0 Å². The minimum Gasteiger partial charge on any atom is -0.0683 e. The summed E-state index contributed by atoms with van der Waals surface area (Å²) in [6.45, 7) is 8.26. The normalized spacial score (nSPS) is 9.56. The van der Waals surface area contributed by atoms with Crippen molar-refractivity contribution < 1.29 is 0 Å². The first-order chi connectivity index (χ1) is 8.74. The van der Waals surface area contributed by atoms with Gasteiger partial charge in [0.2, 0.25) is 0 Å². The second kappa shape index (κ2) is 7.71. The Morgan fingerprint density at radius 2 is 0.833 bits per heavy atom. The minimum absolute atomic E-state index is 1.13. The lowest BCUT2D eigenvalue weighted by Crippen LogP contribution is -1.91. The van der Waals surface area contributed by atoms with Gasteiger partial charge >= 0.3 is 0 Å². The third kappa shape index (κ3) is 4.75. The zero-order chi connectivity index (χ0) is 13.4. The first-order valence-electron chi connectivity index (χ1n) is 6.85. The molecule has 0 unspecified atom stereocenters. The quantitative estimate of drug-likeness (QED) is 0.699. The van der Waals surface area contributed by atoms with E-state index in [-0.39, 0.29) is 0 Å². The first kappa shape index (κ1) is 14.5. The van der Waals surface area contributed by atoms with Crippen molar-refractivity contribution in [1.82, 2.24) is 0 Å². The Morgan fingerprint density at radius 1 is 0.556 bits per heavy atom. The Hall–Kier alpha value is -1.56. The second-order valence-electron chi connectivity index (χ2n) is 4.47. The summed E-state index contributed by atoms with van der Waals surface area (Å²) < 4.78 is 0. The van der Waals surface area contributed by atoms with E-state index < -0.39 is 0 Å². The van der Waals surface area contributed by atoms with Crippen molar-refractivity contribution in [2.45, 2.75) is 40.5 Å². The van der Waals surface area contributed by atoms with Crippen LogP contribution in [-0.2, 0) is 12.8 Å². The molecule has 0 fully saturated rings. The molecule has 2 aromatic carbocycles. The highest BCUT2D eigenvalue weighted by Crippen LogP contribution is 2.09. The van der Waals surface area contributed by atoms with E-state index in [0.29, 0.717) is 0 Å². The molecular weight excluding hydrogens is 216 g/mol. The number of hydrogen-bond donors (Lipinski definition) is 0. The molecule has 0 spiro atoms. The fourth-order valence-electron chi connectivity index (χ4n) is 1.80. The van der Waals surface area contributed by atoms with Gasteiger partial charge in [0, 0.05) is 0 Å². The van der Waals surface area contributed by atoms with Gasteiger partial charge in [0.05, 0.1) is 0 Å². The monoisotopic (exact) mass is 240 g/mol. The van der Waals surface area contributed by atoms with Gasteiger partial charge in [-0.15, -0.1) is 0 Å². The van der Waals surface area contributed by atoms with Crippen LogP contribution in [0, 0.1) is 13.8 Å². The fourth-order valence-corrected chi connectivity index (χ4v) is 1.80. The van der Waals surface area contributed by atoms with Gasteiger partial charge in [-0.3, -0.25) is 0 Å². The first-order valence-corrected chi connectivity index (χ1v) is 6.85. The standard InChI is InChI=1S/C16H18.C2H6/c1-13-3-7-15(8-4-13)11-12-16-9-5-14(2)6-10-16;1-2/h3-10H,11-12H2,1-2H3;1-2H3. The number of aryl methyl sites for hydroxylation is 4. The summed E-state index contributed by atoms with van der Waals surface area (Å²) in [5, 5.41) is 0. The van der Waals surface area contributed by atoms with E-state index in [1.54, 1.807) is 0 Å². The van der Waals surface area contributed by atoms with E-state index in [9.17, 15) is 0 Å². The van der Waals surface area contributed by atoms with E-state index in [1.807, 2.05) is 13.8 Å². The summed E-state index contributed by atoms with van der Waals surface area (Å²) in [6.07, 6.45) is 2.26. The molecule has 0 heteroatoms. The Morgan fingerprint density at radius 3 is 1.11 bits per heavy atom. The molecule has 0 heterocycles. The molecule has 0 radical (unpaired) electrons. The summed E-state index contributed by atoms with van der Waals surface area (Å²) >= 11 is 0. The smallest absolute Gasteiger partial charge is 0.0238 e. The van der Waals surface area contributed by atoms with Crippen molar-refractivity contribution in [3.63, 3.8) is 0 Å². The second-order valence-corrected chi connectivity index (χ2v) is 4.47. The number of benzene rings is 2. The maximum Gasteiger partial charge on any atom is -0.0238 e. The van der Waals surface area contributed by atoms with Crippen LogP contribution >= 0.6 is 0 Å². The van der Waals surface area contributed by atoms with Gasteiger partial charge in [-0.2, -0.15) is 0 Å². The van der Waals surface area contributed by atoms with Crippen molar-refractivity contribution in [2.24, 2.45) is 0 Å². The lowest BCUT2D eigenvalue weighted by Gasteiger charge is -2.03. The van der Waals surface area contributed by atoms with E-state index in [0.717, 1.165) is 12.8 Å². The van der Waals surface area contributed by atoms with Gasteiger partial charge < -0.3 is 0 Å². The lowest BCUT2D eigenvalue weighted by molar-refractivity contribution is 0.958. The third-order valence-electron chi connectivity index (χ3n) is 2.94. The SMILES string of the molecule is CC.Cc1ccc(CCc2ccc(C)cc2)cc1. The average molecular weight is 240 g/mol. The molecular formula is C18H24. The molecule has 0 aromatic heterocycles. The molecule has 0 saturated heterocycles. The summed E-state index contributed by atoms with van der Waals surface area (Å²) in [7, 11) is 0. The predicted molar refractivity (Wildman–Crippen MR) is 81.1 cm³/mol. The molecule has 0 aliphatic carbocycles. The van der Waals surface area contributed by atoms with Gasteiger partial charge in [0.25, 0.3) is 0 Å². The Labute approximate surface area is 112 Å². The molecule has 0 N–H and O–H groups in total.